The van der Waals surface area contributed by atoms with Crippen LogP contribution in [0.1, 0.15) is 10.5 Å². The molecule has 0 aliphatic rings. The second-order valence-electron chi connectivity index (χ2n) is 3.52. The molecule has 0 aliphatic carbocycles. The Kier molecular flexibility index (Phi) is 3.96. The Morgan fingerprint density at radius 3 is 2.61 bits per heavy atom. The van der Waals surface area contributed by atoms with E-state index in [1.807, 2.05) is 0 Å². The fraction of sp³-hybridized carbons (Fsp3) is 0.154. The summed E-state index contributed by atoms with van der Waals surface area (Å²) < 4.78 is 22.8. The number of halogens is 1. The second kappa shape index (κ2) is 5.86. The highest BCUT2D eigenvalue weighted by Crippen LogP contribution is 2.10. The van der Waals surface area contributed by atoms with Gasteiger partial charge >= 0.3 is 5.97 Å². The van der Waals surface area contributed by atoms with E-state index >= 15 is 0 Å². The standard InChI is InChI=1S/C13H12FNO3/c14-10-3-5-11(6-4-10)17-8-9-18-13(16)12-2-1-7-15-12/h1-7,15H,8-9H2. The molecule has 18 heavy (non-hydrogen) atoms. The van der Waals surface area contributed by atoms with E-state index in [1.165, 1.54) is 24.3 Å². The third kappa shape index (κ3) is 3.35. The van der Waals surface area contributed by atoms with Gasteiger partial charge in [0, 0.05) is 6.20 Å². The number of ether oxygens (including phenoxy) is 2. The second-order valence-corrected chi connectivity index (χ2v) is 3.52. The zero-order chi connectivity index (χ0) is 12.8. The molecule has 0 fully saturated rings. The van der Waals surface area contributed by atoms with Gasteiger partial charge in [0.1, 0.15) is 30.5 Å². The average Bonchev–Trinajstić information content (AvgIpc) is 2.90. The van der Waals surface area contributed by atoms with Crippen molar-refractivity contribution in [3.05, 3.63) is 54.1 Å². The molecule has 0 saturated carbocycles. The summed E-state index contributed by atoms with van der Waals surface area (Å²) in [6.45, 7) is 0.354. The van der Waals surface area contributed by atoms with Crippen LogP contribution in [0.4, 0.5) is 4.39 Å². The number of H-pyrrole nitrogens is 1. The van der Waals surface area contributed by atoms with E-state index in [0.717, 1.165) is 0 Å². The van der Waals surface area contributed by atoms with Gasteiger partial charge in [0.2, 0.25) is 0 Å². The van der Waals surface area contributed by atoms with Crippen LogP contribution >= 0.6 is 0 Å². The highest BCUT2D eigenvalue weighted by molar-refractivity contribution is 5.87. The van der Waals surface area contributed by atoms with Gasteiger partial charge < -0.3 is 14.5 Å². The topological polar surface area (TPSA) is 51.3 Å². The van der Waals surface area contributed by atoms with Crippen LogP contribution in [-0.4, -0.2) is 24.2 Å². The Bertz CT molecular complexity index is 493. The number of hydrogen-bond donors (Lipinski definition) is 1. The van der Waals surface area contributed by atoms with Crippen LogP contribution in [0, 0.1) is 5.82 Å². The number of carbonyl (C=O) groups excluding carboxylic acids is 1. The van der Waals surface area contributed by atoms with Gasteiger partial charge in [-0.2, -0.15) is 0 Å². The van der Waals surface area contributed by atoms with E-state index in [0.29, 0.717) is 11.4 Å². The first-order chi connectivity index (χ1) is 8.75. The van der Waals surface area contributed by atoms with Gasteiger partial charge in [0.15, 0.2) is 0 Å². The highest BCUT2D eigenvalue weighted by atomic mass is 19.1. The number of aromatic amines is 1. The number of carbonyl (C=O) groups is 1. The summed E-state index contributed by atoms with van der Waals surface area (Å²) in [6, 6.07) is 8.99. The van der Waals surface area contributed by atoms with Gasteiger partial charge in [0.05, 0.1) is 0 Å². The van der Waals surface area contributed by atoms with Crippen LogP contribution < -0.4 is 4.74 Å². The maximum atomic E-state index is 12.6. The molecule has 0 radical (unpaired) electrons. The molecule has 0 saturated heterocycles. The summed E-state index contributed by atoms with van der Waals surface area (Å²) in [7, 11) is 0. The van der Waals surface area contributed by atoms with Gasteiger partial charge in [-0.25, -0.2) is 9.18 Å². The minimum absolute atomic E-state index is 0.134. The molecule has 1 aromatic heterocycles. The largest absolute Gasteiger partial charge is 0.490 e. The Morgan fingerprint density at radius 1 is 1.17 bits per heavy atom. The molecule has 2 rings (SSSR count). The number of aromatic nitrogens is 1. The van der Waals surface area contributed by atoms with Crippen LogP contribution in [-0.2, 0) is 4.74 Å². The average molecular weight is 249 g/mol. The monoisotopic (exact) mass is 249 g/mol. The van der Waals surface area contributed by atoms with Crippen LogP contribution in [0.3, 0.4) is 0 Å². The van der Waals surface area contributed by atoms with Crippen molar-refractivity contribution in [2.45, 2.75) is 0 Å². The summed E-state index contributed by atoms with van der Waals surface area (Å²) in [6.07, 6.45) is 1.64. The molecule has 0 atom stereocenters. The Hall–Kier alpha value is -2.30. The molecule has 0 unspecified atom stereocenters. The lowest BCUT2D eigenvalue weighted by Crippen LogP contribution is -2.12. The van der Waals surface area contributed by atoms with Crippen LogP contribution in [0.25, 0.3) is 0 Å². The lowest BCUT2D eigenvalue weighted by atomic mass is 10.3. The summed E-state index contributed by atoms with van der Waals surface area (Å²) in [5, 5.41) is 0. The normalized spacial score (nSPS) is 10.1. The van der Waals surface area contributed by atoms with Gasteiger partial charge in [0.25, 0.3) is 0 Å². The number of esters is 1. The van der Waals surface area contributed by atoms with Crippen molar-refractivity contribution in [3.63, 3.8) is 0 Å². The van der Waals surface area contributed by atoms with Gasteiger partial charge in [-0.05, 0) is 36.4 Å². The molecule has 0 bridgehead atoms. The maximum Gasteiger partial charge on any atom is 0.354 e. The number of rotatable bonds is 5. The van der Waals surface area contributed by atoms with Crippen LogP contribution in [0.5, 0.6) is 5.75 Å². The summed E-state index contributed by atoms with van der Waals surface area (Å²) >= 11 is 0. The quantitative estimate of drug-likeness (QED) is 0.654. The van der Waals surface area contributed by atoms with Crippen molar-refractivity contribution in [1.29, 1.82) is 0 Å². The zero-order valence-corrected chi connectivity index (χ0v) is 9.56. The summed E-state index contributed by atoms with van der Waals surface area (Å²) in [5.41, 5.74) is 0.400. The Labute approximate surface area is 103 Å². The molecule has 4 nitrogen and oxygen atoms in total. The first-order valence-corrected chi connectivity index (χ1v) is 5.44. The van der Waals surface area contributed by atoms with Gasteiger partial charge in [-0.1, -0.05) is 0 Å². The van der Waals surface area contributed by atoms with E-state index in [9.17, 15) is 9.18 Å². The molecule has 94 valence electrons. The van der Waals surface area contributed by atoms with Crippen LogP contribution in [0.15, 0.2) is 42.6 Å². The smallest absolute Gasteiger partial charge is 0.354 e. The third-order valence-electron chi connectivity index (χ3n) is 2.22. The highest BCUT2D eigenvalue weighted by Gasteiger charge is 2.06. The first kappa shape index (κ1) is 12.2. The minimum Gasteiger partial charge on any atom is -0.490 e. The Morgan fingerprint density at radius 2 is 1.94 bits per heavy atom. The molecule has 1 N–H and O–H groups in total. The molecule has 0 aliphatic heterocycles. The summed E-state index contributed by atoms with van der Waals surface area (Å²) in [4.78, 5) is 14.1. The van der Waals surface area contributed by atoms with E-state index in [4.69, 9.17) is 9.47 Å². The number of hydrogen-bond acceptors (Lipinski definition) is 3. The molecule has 0 amide bonds. The van der Waals surface area contributed by atoms with Crippen LogP contribution in [0.2, 0.25) is 0 Å². The van der Waals surface area contributed by atoms with Gasteiger partial charge in [-0.15, -0.1) is 0 Å². The zero-order valence-electron chi connectivity index (χ0n) is 9.56. The molecule has 2 aromatic rings. The molecule has 5 heteroatoms. The minimum atomic E-state index is -0.428. The lowest BCUT2D eigenvalue weighted by molar-refractivity contribution is 0.0444. The fourth-order valence-electron chi connectivity index (χ4n) is 1.36. The number of nitrogens with one attached hydrogen (secondary N) is 1. The molecular formula is C13H12FNO3. The molecule has 1 heterocycles. The summed E-state index contributed by atoms with van der Waals surface area (Å²) in [5.74, 6) is -0.212. The van der Waals surface area contributed by atoms with E-state index < -0.39 is 5.97 Å². The van der Waals surface area contributed by atoms with Crippen molar-refractivity contribution in [2.75, 3.05) is 13.2 Å². The van der Waals surface area contributed by atoms with E-state index in [-0.39, 0.29) is 19.0 Å². The van der Waals surface area contributed by atoms with Crippen molar-refractivity contribution in [2.24, 2.45) is 0 Å². The van der Waals surface area contributed by atoms with E-state index in [2.05, 4.69) is 4.98 Å². The van der Waals surface area contributed by atoms with Gasteiger partial charge in [-0.3, -0.25) is 0 Å². The SMILES string of the molecule is O=C(OCCOc1ccc(F)cc1)c1ccc[nH]1. The molecule has 1 aromatic carbocycles. The third-order valence-corrected chi connectivity index (χ3v) is 2.22. The predicted molar refractivity (Wildman–Crippen MR) is 63.0 cm³/mol. The number of benzene rings is 1. The maximum absolute atomic E-state index is 12.6. The predicted octanol–water partition coefficient (Wildman–Crippen LogP) is 2.39. The van der Waals surface area contributed by atoms with Crippen molar-refractivity contribution in [3.8, 4) is 5.75 Å². The fourth-order valence-corrected chi connectivity index (χ4v) is 1.36. The van der Waals surface area contributed by atoms with Crippen molar-refractivity contribution < 1.29 is 18.7 Å². The lowest BCUT2D eigenvalue weighted by Gasteiger charge is -2.06. The molecule has 0 spiro atoms. The first-order valence-electron chi connectivity index (χ1n) is 5.44. The Balaban J connectivity index is 1.70. The van der Waals surface area contributed by atoms with E-state index in [1.54, 1.807) is 18.3 Å². The van der Waals surface area contributed by atoms with Crippen molar-refractivity contribution >= 4 is 5.97 Å². The molecular weight excluding hydrogens is 237 g/mol. The van der Waals surface area contributed by atoms with Crippen molar-refractivity contribution in [1.82, 2.24) is 4.98 Å².